The van der Waals surface area contributed by atoms with Gasteiger partial charge in [0.25, 0.3) is 0 Å². The molecular formula is C16H19N3O. The molecule has 0 unspecified atom stereocenters. The van der Waals surface area contributed by atoms with Crippen LogP contribution in [-0.4, -0.2) is 15.8 Å². The van der Waals surface area contributed by atoms with Gasteiger partial charge in [-0.3, -0.25) is 4.79 Å². The standard InChI is InChI=1S/C16H19N3O/c1-12(9-14-7-8-18-11-19-14)15(10-17)16(20)13-5-3-2-4-6-13/h7-8,11,13H,2-6,9H2,1H3/b15-12+. The molecule has 0 spiro atoms. The first-order chi connectivity index (χ1) is 9.72. The van der Waals surface area contributed by atoms with Gasteiger partial charge >= 0.3 is 0 Å². The first-order valence-corrected chi connectivity index (χ1v) is 7.11. The van der Waals surface area contributed by atoms with E-state index in [2.05, 4.69) is 16.0 Å². The summed E-state index contributed by atoms with van der Waals surface area (Å²) >= 11 is 0. The molecule has 0 radical (unpaired) electrons. The SMILES string of the molecule is C/C(Cc1ccncn1)=C(/C#N)C(=O)C1CCCCC1. The maximum atomic E-state index is 12.4. The van der Waals surface area contributed by atoms with Crippen LogP contribution in [0.1, 0.15) is 44.7 Å². The van der Waals surface area contributed by atoms with Gasteiger partial charge in [0.1, 0.15) is 12.4 Å². The van der Waals surface area contributed by atoms with E-state index in [0.29, 0.717) is 12.0 Å². The predicted molar refractivity (Wildman–Crippen MR) is 75.6 cm³/mol. The fourth-order valence-electron chi connectivity index (χ4n) is 2.71. The molecule has 0 bridgehead atoms. The van der Waals surface area contributed by atoms with E-state index >= 15 is 0 Å². The van der Waals surface area contributed by atoms with Gasteiger partial charge in [-0.25, -0.2) is 9.97 Å². The molecule has 0 N–H and O–H groups in total. The molecule has 0 amide bonds. The van der Waals surface area contributed by atoms with Crippen molar-refractivity contribution in [3.63, 3.8) is 0 Å². The lowest BCUT2D eigenvalue weighted by Crippen LogP contribution is -2.20. The summed E-state index contributed by atoms with van der Waals surface area (Å²) in [7, 11) is 0. The van der Waals surface area contributed by atoms with Crippen LogP contribution in [-0.2, 0) is 11.2 Å². The summed E-state index contributed by atoms with van der Waals surface area (Å²) in [5, 5.41) is 9.31. The Morgan fingerprint density at radius 3 is 2.75 bits per heavy atom. The molecule has 0 aromatic carbocycles. The zero-order valence-corrected chi connectivity index (χ0v) is 11.8. The Labute approximate surface area is 119 Å². The summed E-state index contributed by atoms with van der Waals surface area (Å²) < 4.78 is 0. The third-order valence-corrected chi connectivity index (χ3v) is 3.85. The van der Waals surface area contributed by atoms with Gasteiger partial charge < -0.3 is 0 Å². The van der Waals surface area contributed by atoms with Crippen LogP contribution in [0.3, 0.4) is 0 Å². The van der Waals surface area contributed by atoms with Crippen LogP contribution in [0.15, 0.2) is 29.7 Å². The van der Waals surface area contributed by atoms with E-state index in [1.807, 2.05) is 13.0 Å². The zero-order valence-electron chi connectivity index (χ0n) is 11.8. The molecule has 1 aromatic rings. The topological polar surface area (TPSA) is 66.6 Å². The number of nitrogens with zero attached hydrogens (tertiary/aromatic N) is 3. The maximum Gasteiger partial charge on any atom is 0.176 e. The number of ketones is 1. The van der Waals surface area contributed by atoms with Crippen molar-refractivity contribution in [2.45, 2.75) is 45.4 Å². The van der Waals surface area contributed by atoms with Crippen molar-refractivity contribution < 1.29 is 4.79 Å². The van der Waals surface area contributed by atoms with E-state index < -0.39 is 0 Å². The molecule has 1 saturated carbocycles. The van der Waals surface area contributed by atoms with Gasteiger partial charge in [0.15, 0.2) is 5.78 Å². The lowest BCUT2D eigenvalue weighted by Gasteiger charge is -2.20. The van der Waals surface area contributed by atoms with Gasteiger partial charge in [0.05, 0.1) is 5.57 Å². The molecule has 1 aliphatic carbocycles. The molecule has 0 saturated heterocycles. The van der Waals surface area contributed by atoms with Crippen LogP contribution in [0.2, 0.25) is 0 Å². The summed E-state index contributed by atoms with van der Waals surface area (Å²) in [5.41, 5.74) is 1.97. The number of hydrogen-bond donors (Lipinski definition) is 0. The second-order valence-electron chi connectivity index (χ2n) is 5.34. The van der Waals surface area contributed by atoms with Crippen LogP contribution < -0.4 is 0 Å². The minimum Gasteiger partial charge on any atom is -0.293 e. The lowest BCUT2D eigenvalue weighted by atomic mass is 9.82. The quantitative estimate of drug-likeness (QED) is 0.622. The van der Waals surface area contributed by atoms with Gasteiger partial charge in [-0.2, -0.15) is 5.26 Å². The number of hydrogen-bond acceptors (Lipinski definition) is 4. The van der Waals surface area contributed by atoms with Crippen molar-refractivity contribution in [2.24, 2.45) is 5.92 Å². The molecule has 1 aliphatic rings. The molecule has 104 valence electrons. The molecule has 4 heteroatoms. The lowest BCUT2D eigenvalue weighted by molar-refractivity contribution is -0.119. The third-order valence-electron chi connectivity index (χ3n) is 3.85. The summed E-state index contributed by atoms with van der Waals surface area (Å²) in [5.74, 6) is 0.0671. The minimum atomic E-state index is 0.0266. The predicted octanol–water partition coefficient (Wildman–Crippen LogP) is 3.01. The highest BCUT2D eigenvalue weighted by molar-refractivity contribution is 6.01. The first kappa shape index (κ1) is 14.4. The molecule has 1 fully saturated rings. The third kappa shape index (κ3) is 3.51. The highest BCUT2D eigenvalue weighted by Gasteiger charge is 2.25. The first-order valence-electron chi connectivity index (χ1n) is 7.11. The number of aromatic nitrogens is 2. The number of carbonyl (C=O) groups excluding carboxylic acids is 1. The van der Waals surface area contributed by atoms with Crippen molar-refractivity contribution in [1.82, 2.24) is 9.97 Å². The average Bonchev–Trinajstić information content (AvgIpc) is 2.49. The normalized spacial score (nSPS) is 17.2. The number of allylic oxidation sites excluding steroid dienone is 2. The van der Waals surface area contributed by atoms with Crippen LogP contribution in [0.4, 0.5) is 0 Å². The summed E-state index contributed by atoms with van der Waals surface area (Å²) in [6.07, 6.45) is 8.93. The number of carbonyl (C=O) groups is 1. The van der Waals surface area contributed by atoms with Crippen molar-refractivity contribution in [3.8, 4) is 6.07 Å². The molecule has 1 aromatic heterocycles. The van der Waals surface area contributed by atoms with Gasteiger partial charge in [-0.05, 0) is 31.4 Å². The van der Waals surface area contributed by atoms with Crippen molar-refractivity contribution >= 4 is 5.78 Å². The molecule has 0 aliphatic heterocycles. The molecular weight excluding hydrogens is 250 g/mol. The number of nitriles is 1. The van der Waals surface area contributed by atoms with E-state index in [-0.39, 0.29) is 11.7 Å². The highest BCUT2D eigenvalue weighted by atomic mass is 16.1. The minimum absolute atomic E-state index is 0.0266. The Hall–Kier alpha value is -2.02. The second kappa shape index (κ2) is 6.95. The van der Waals surface area contributed by atoms with Crippen molar-refractivity contribution in [1.29, 1.82) is 5.26 Å². The Morgan fingerprint density at radius 1 is 1.40 bits per heavy atom. The van der Waals surface area contributed by atoms with Crippen LogP contribution in [0, 0.1) is 17.2 Å². The van der Waals surface area contributed by atoms with Gasteiger partial charge in [0.2, 0.25) is 0 Å². The van der Waals surface area contributed by atoms with Crippen LogP contribution >= 0.6 is 0 Å². The molecule has 2 rings (SSSR count). The molecule has 20 heavy (non-hydrogen) atoms. The smallest absolute Gasteiger partial charge is 0.176 e. The highest BCUT2D eigenvalue weighted by Crippen LogP contribution is 2.27. The number of Topliss-reactive ketones (excluding diaryl/α,β-unsaturated/α-hetero) is 1. The van der Waals surface area contributed by atoms with E-state index in [9.17, 15) is 10.1 Å². The van der Waals surface area contributed by atoms with E-state index in [1.54, 1.807) is 6.20 Å². The fraction of sp³-hybridized carbons (Fsp3) is 0.500. The maximum absolute atomic E-state index is 12.4. The molecule has 0 atom stereocenters. The largest absolute Gasteiger partial charge is 0.293 e. The summed E-state index contributed by atoms with van der Waals surface area (Å²) in [6, 6.07) is 3.91. The van der Waals surface area contributed by atoms with Crippen molar-refractivity contribution in [3.05, 3.63) is 35.4 Å². The van der Waals surface area contributed by atoms with E-state index in [0.717, 1.165) is 37.0 Å². The summed E-state index contributed by atoms with van der Waals surface area (Å²) in [6.45, 7) is 1.85. The van der Waals surface area contributed by atoms with E-state index in [1.165, 1.54) is 12.7 Å². The molecule has 1 heterocycles. The Morgan fingerprint density at radius 2 is 2.15 bits per heavy atom. The average molecular weight is 269 g/mol. The van der Waals surface area contributed by atoms with Crippen LogP contribution in [0.25, 0.3) is 0 Å². The fourth-order valence-corrected chi connectivity index (χ4v) is 2.71. The van der Waals surface area contributed by atoms with Gasteiger partial charge in [-0.1, -0.05) is 19.3 Å². The van der Waals surface area contributed by atoms with Crippen LogP contribution in [0.5, 0.6) is 0 Å². The Balaban J connectivity index is 2.15. The van der Waals surface area contributed by atoms with Gasteiger partial charge in [-0.15, -0.1) is 0 Å². The second-order valence-corrected chi connectivity index (χ2v) is 5.34. The molecule has 4 nitrogen and oxygen atoms in total. The Kier molecular flexibility index (Phi) is 5.00. The Bertz CT molecular complexity index is 537. The monoisotopic (exact) mass is 269 g/mol. The number of rotatable bonds is 4. The van der Waals surface area contributed by atoms with E-state index in [4.69, 9.17) is 0 Å². The van der Waals surface area contributed by atoms with Crippen molar-refractivity contribution in [2.75, 3.05) is 0 Å². The summed E-state index contributed by atoms with van der Waals surface area (Å²) in [4.78, 5) is 20.5. The zero-order chi connectivity index (χ0) is 14.4. The van der Waals surface area contributed by atoms with Gasteiger partial charge in [0, 0.05) is 24.2 Å².